The fourth-order valence-corrected chi connectivity index (χ4v) is 1.95. The van der Waals surface area contributed by atoms with Gasteiger partial charge in [0.25, 0.3) is 0 Å². The van der Waals surface area contributed by atoms with Crippen molar-refractivity contribution in [3.8, 4) is 0 Å². The Morgan fingerprint density at radius 3 is 2.86 bits per heavy atom. The van der Waals surface area contributed by atoms with E-state index in [1.165, 1.54) is 0 Å². The molecular formula is C14H23N5O2. The lowest BCUT2D eigenvalue weighted by Crippen LogP contribution is -2.37. The molecule has 2 N–H and O–H groups in total. The first-order chi connectivity index (χ1) is 10.1. The zero-order valence-corrected chi connectivity index (χ0v) is 12.8. The number of aromatic nitrogens is 2. The lowest BCUT2D eigenvalue weighted by atomic mass is 10.3. The van der Waals surface area contributed by atoms with Crippen LogP contribution < -0.4 is 15.5 Å². The first kappa shape index (κ1) is 15.5. The van der Waals surface area contributed by atoms with Crippen LogP contribution in [0.2, 0.25) is 0 Å². The molecule has 1 saturated carbocycles. The summed E-state index contributed by atoms with van der Waals surface area (Å²) in [6.45, 7) is 1.29. The third kappa shape index (κ3) is 4.56. The number of carbonyl (C=O) groups is 1. The van der Waals surface area contributed by atoms with Crippen molar-refractivity contribution in [2.75, 3.05) is 51.1 Å². The fourth-order valence-electron chi connectivity index (χ4n) is 1.95. The molecule has 0 radical (unpaired) electrons. The second-order valence-electron chi connectivity index (χ2n) is 5.19. The van der Waals surface area contributed by atoms with Crippen molar-refractivity contribution in [1.29, 1.82) is 0 Å². The zero-order chi connectivity index (χ0) is 15.2. The van der Waals surface area contributed by atoms with E-state index in [0.29, 0.717) is 19.1 Å². The lowest BCUT2D eigenvalue weighted by molar-refractivity contribution is -0.119. The third-order valence-electron chi connectivity index (χ3n) is 3.33. The van der Waals surface area contributed by atoms with E-state index in [-0.39, 0.29) is 12.5 Å². The van der Waals surface area contributed by atoms with Crippen molar-refractivity contribution in [3.05, 3.63) is 11.9 Å². The van der Waals surface area contributed by atoms with E-state index in [4.69, 9.17) is 4.74 Å². The van der Waals surface area contributed by atoms with Crippen LogP contribution in [0.4, 0.5) is 11.6 Å². The van der Waals surface area contributed by atoms with Gasteiger partial charge in [-0.15, -0.1) is 0 Å². The highest BCUT2D eigenvalue weighted by Gasteiger charge is 2.27. The normalized spacial score (nSPS) is 13.9. The van der Waals surface area contributed by atoms with Crippen molar-refractivity contribution < 1.29 is 9.53 Å². The standard InChI is InChI=1S/C14H23N5O2/c1-15-11-8-12(18-14(17-11)10-4-5-10)19(2)9-13(20)16-6-7-21-3/h8,10H,4-7,9H2,1-3H3,(H,16,20)(H,15,17,18). The smallest absolute Gasteiger partial charge is 0.239 e. The summed E-state index contributed by atoms with van der Waals surface area (Å²) >= 11 is 0. The van der Waals surface area contributed by atoms with Gasteiger partial charge >= 0.3 is 0 Å². The number of methoxy groups -OCH3 is 1. The summed E-state index contributed by atoms with van der Waals surface area (Å²) in [5, 5.41) is 5.84. The zero-order valence-electron chi connectivity index (χ0n) is 12.8. The molecule has 0 saturated heterocycles. The molecule has 1 aromatic heterocycles. The van der Waals surface area contributed by atoms with Gasteiger partial charge in [-0.3, -0.25) is 4.79 Å². The number of likely N-dealkylation sites (N-methyl/N-ethyl adjacent to an activating group) is 1. The Morgan fingerprint density at radius 2 is 2.24 bits per heavy atom. The molecule has 0 bridgehead atoms. The number of nitrogens with zero attached hydrogens (tertiary/aromatic N) is 3. The van der Waals surface area contributed by atoms with Gasteiger partial charge in [-0.2, -0.15) is 0 Å². The molecule has 0 aliphatic heterocycles. The first-order valence-electron chi connectivity index (χ1n) is 7.17. The van der Waals surface area contributed by atoms with E-state index in [1.54, 1.807) is 7.11 Å². The molecule has 0 spiro atoms. The SMILES string of the molecule is CNc1cc(N(C)CC(=O)NCCOC)nc(C2CC2)n1. The van der Waals surface area contributed by atoms with Gasteiger partial charge in [0, 0.05) is 39.7 Å². The number of anilines is 2. The number of ether oxygens (including phenoxy) is 1. The van der Waals surface area contributed by atoms with E-state index in [1.807, 2.05) is 25.1 Å². The molecule has 0 unspecified atom stereocenters. The van der Waals surface area contributed by atoms with Crippen LogP contribution in [0.3, 0.4) is 0 Å². The van der Waals surface area contributed by atoms with Gasteiger partial charge < -0.3 is 20.3 Å². The van der Waals surface area contributed by atoms with E-state index in [9.17, 15) is 4.79 Å². The molecule has 1 heterocycles. The Balaban J connectivity index is 1.99. The van der Waals surface area contributed by atoms with Gasteiger partial charge in [0.1, 0.15) is 17.5 Å². The van der Waals surface area contributed by atoms with Gasteiger partial charge in [0.05, 0.1) is 13.2 Å². The predicted molar refractivity (Wildman–Crippen MR) is 81.7 cm³/mol. The molecule has 1 aliphatic carbocycles. The Morgan fingerprint density at radius 1 is 1.48 bits per heavy atom. The molecule has 116 valence electrons. The van der Waals surface area contributed by atoms with Gasteiger partial charge in [0.2, 0.25) is 5.91 Å². The van der Waals surface area contributed by atoms with E-state index in [2.05, 4.69) is 20.6 Å². The quantitative estimate of drug-likeness (QED) is 0.683. The van der Waals surface area contributed by atoms with Crippen molar-refractivity contribution in [3.63, 3.8) is 0 Å². The summed E-state index contributed by atoms with van der Waals surface area (Å²) in [6.07, 6.45) is 2.29. The van der Waals surface area contributed by atoms with Crippen molar-refractivity contribution in [2.24, 2.45) is 0 Å². The van der Waals surface area contributed by atoms with Crippen LogP contribution in [0.15, 0.2) is 6.07 Å². The molecule has 0 atom stereocenters. The maximum atomic E-state index is 11.8. The average molecular weight is 293 g/mol. The minimum Gasteiger partial charge on any atom is -0.383 e. The number of hydrogen-bond donors (Lipinski definition) is 2. The number of hydrogen-bond acceptors (Lipinski definition) is 6. The predicted octanol–water partition coefficient (Wildman–Crippen LogP) is 0.594. The maximum absolute atomic E-state index is 11.8. The second-order valence-corrected chi connectivity index (χ2v) is 5.19. The highest BCUT2D eigenvalue weighted by molar-refractivity contribution is 5.81. The minimum absolute atomic E-state index is 0.0489. The van der Waals surface area contributed by atoms with Crippen LogP contribution in [0.5, 0.6) is 0 Å². The largest absolute Gasteiger partial charge is 0.383 e. The molecule has 2 rings (SSSR count). The summed E-state index contributed by atoms with van der Waals surface area (Å²) in [6, 6.07) is 1.86. The Labute approximate surface area is 125 Å². The second kappa shape index (κ2) is 7.21. The highest BCUT2D eigenvalue weighted by Crippen LogP contribution is 2.39. The summed E-state index contributed by atoms with van der Waals surface area (Å²) in [7, 11) is 5.30. The van der Waals surface area contributed by atoms with Crippen molar-refractivity contribution >= 4 is 17.5 Å². The monoisotopic (exact) mass is 293 g/mol. The molecule has 21 heavy (non-hydrogen) atoms. The molecule has 7 heteroatoms. The van der Waals surface area contributed by atoms with E-state index < -0.39 is 0 Å². The molecule has 0 aromatic carbocycles. The van der Waals surface area contributed by atoms with E-state index in [0.717, 1.165) is 30.3 Å². The topological polar surface area (TPSA) is 79.4 Å². The van der Waals surface area contributed by atoms with Crippen LogP contribution in [0.1, 0.15) is 24.6 Å². The highest BCUT2D eigenvalue weighted by atomic mass is 16.5. The van der Waals surface area contributed by atoms with Gasteiger partial charge in [0.15, 0.2) is 0 Å². The summed E-state index contributed by atoms with van der Waals surface area (Å²) in [4.78, 5) is 22.7. The fraction of sp³-hybridized carbons (Fsp3) is 0.643. The molecular weight excluding hydrogens is 270 g/mol. The Kier molecular flexibility index (Phi) is 5.32. The summed E-state index contributed by atoms with van der Waals surface area (Å²) < 4.78 is 4.90. The molecule has 1 fully saturated rings. The summed E-state index contributed by atoms with van der Waals surface area (Å²) in [5.74, 6) is 2.84. The lowest BCUT2D eigenvalue weighted by Gasteiger charge is -2.19. The molecule has 7 nitrogen and oxygen atoms in total. The number of amides is 1. The van der Waals surface area contributed by atoms with Gasteiger partial charge in [-0.25, -0.2) is 9.97 Å². The number of nitrogens with one attached hydrogen (secondary N) is 2. The van der Waals surface area contributed by atoms with Crippen molar-refractivity contribution in [1.82, 2.24) is 15.3 Å². The van der Waals surface area contributed by atoms with Crippen LogP contribution in [0.25, 0.3) is 0 Å². The number of carbonyl (C=O) groups excluding carboxylic acids is 1. The summed E-state index contributed by atoms with van der Waals surface area (Å²) in [5.41, 5.74) is 0. The molecule has 1 amide bonds. The van der Waals surface area contributed by atoms with Gasteiger partial charge in [-0.1, -0.05) is 0 Å². The molecule has 1 aliphatic rings. The Bertz CT molecular complexity index is 490. The number of rotatable bonds is 8. The van der Waals surface area contributed by atoms with Crippen LogP contribution >= 0.6 is 0 Å². The Hall–Kier alpha value is -1.89. The van der Waals surface area contributed by atoms with E-state index >= 15 is 0 Å². The van der Waals surface area contributed by atoms with Crippen LogP contribution in [-0.2, 0) is 9.53 Å². The van der Waals surface area contributed by atoms with Crippen LogP contribution in [-0.4, -0.2) is 56.8 Å². The van der Waals surface area contributed by atoms with Gasteiger partial charge in [-0.05, 0) is 12.8 Å². The molecule has 1 aromatic rings. The third-order valence-corrected chi connectivity index (χ3v) is 3.33. The first-order valence-corrected chi connectivity index (χ1v) is 7.17. The minimum atomic E-state index is -0.0489. The van der Waals surface area contributed by atoms with Crippen molar-refractivity contribution in [2.45, 2.75) is 18.8 Å². The van der Waals surface area contributed by atoms with Crippen LogP contribution in [0, 0.1) is 0 Å². The maximum Gasteiger partial charge on any atom is 0.239 e. The average Bonchev–Trinajstić information content (AvgIpc) is 3.31.